The van der Waals surface area contributed by atoms with Gasteiger partial charge in [-0.05, 0) is 31.4 Å². The third-order valence-corrected chi connectivity index (χ3v) is 0.824. The molecule has 0 fully saturated rings. The Morgan fingerprint density at radius 3 is 1.30 bits per heavy atom. The molecule has 0 saturated carbocycles. The smallest absolute Gasteiger partial charge is 0.178 e. The highest BCUT2D eigenvalue weighted by Gasteiger charge is 1.97. The van der Waals surface area contributed by atoms with Crippen molar-refractivity contribution in [2.45, 2.75) is 0 Å². The minimum atomic E-state index is -0.121. The molecule has 0 amide bonds. The molecule has 10 heavy (non-hydrogen) atoms. The van der Waals surface area contributed by atoms with E-state index < -0.39 is 0 Å². The minimum Gasteiger partial charge on any atom is -0.333 e. The number of allylic oxidation sites excluding steroid dienone is 4. The number of hydrogen-bond donors (Lipinski definition) is 1. The first kappa shape index (κ1) is 8.78. The van der Waals surface area contributed by atoms with Crippen molar-refractivity contribution >= 4 is 11.6 Å². The zero-order valence-corrected chi connectivity index (χ0v) is 5.70. The first-order valence-electron chi connectivity index (χ1n) is 2.81. The van der Waals surface area contributed by atoms with Gasteiger partial charge in [-0.25, -0.2) is 0 Å². The average molecular weight is 139 g/mol. The van der Waals surface area contributed by atoms with Gasteiger partial charge in [-0.3, -0.25) is 9.59 Å². The zero-order valence-electron chi connectivity index (χ0n) is 5.70. The monoisotopic (exact) mass is 139 g/mol. The van der Waals surface area contributed by atoms with E-state index in [1.54, 1.807) is 0 Å². The van der Waals surface area contributed by atoms with E-state index in [4.69, 9.17) is 0 Å². The largest absolute Gasteiger partial charge is 0.333 e. The van der Waals surface area contributed by atoms with Gasteiger partial charge >= 0.3 is 0 Å². The van der Waals surface area contributed by atoms with E-state index in [0.29, 0.717) is 0 Å². The Labute approximate surface area is 59.2 Å². The molecule has 0 heterocycles. The van der Waals surface area contributed by atoms with Crippen molar-refractivity contribution < 1.29 is 9.59 Å². The standard InChI is InChI=1S/C6H4O2.CH5N/c7-5-1-2-6(8)4-3-5;1-2/h1-4H;2H2,1H3. The molecule has 0 radical (unpaired) electrons. The lowest BCUT2D eigenvalue weighted by Gasteiger charge is -1.87. The summed E-state index contributed by atoms with van der Waals surface area (Å²) in [6.45, 7) is 0. The van der Waals surface area contributed by atoms with Crippen molar-refractivity contribution in [2.75, 3.05) is 7.05 Å². The molecule has 0 aromatic carbocycles. The summed E-state index contributed by atoms with van der Waals surface area (Å²) in [4.78, 5) is 20.6. The molecule has 0 aromatic rings. The third kappa shape index (κ3) is 2.94. The molecule has 0 saturated heterocycles. The maximum absolute atomic E-state index is 10.3. The average Bonchev–Trinajstić information content (AvgIpc) is 2.00. The normalized spacial score (nSPS) is 14.6. The first-order valence-corrected chi connectivity index (χ1v) is 2.81. The van der Waals surface area contributed by atoms with Gasteiger partial charge in [-0.15, -0.1) is 0 Å². The van der Waals surface area contributed by atoms with Gasteiger partial charge in [0.15, 0.2) is 11.6 Å². The lowest BCUT2D eigenvalue weighted by molar-refractivity contribution is -0.113. The molecule has 0 bridgehead atoms. The molecule has 0 spiro atoms. The second-order valence-electron chi connectivity index (χ2n) is 1.47. The number of hydrogen-bond acceptors (Lipinski definition) is 3. The Morgan fingerprint density at radius 1 is 0.900 bits per heavy atom. The second-order valence-corrected chi connectivity index (χ2v) is 1.47. The van der Waals surface area contributed by atoms with Crippen molar-refractivity contribution in [3.8, 4) is 0 Å². The molecular weight excluding hydrogens is 130 g/mol. The van der Waals surface area contributed by atoms with Gasteiger partial charge in [-0.1, -0.05) is 0 Å². The lowest BCUT2D eigenvalue weighted by atomic mass is 10.2. The Hall–Kier alpha value is -1.22. The zero-order chi connectivity index (χ0) is 7.98. The molecule has 1 aliphatic rings. The summed E-state index contributed by atoms with van der Waals surface area (Å²) in [5.41, 5.74) is 4.50. The molecule has 0 aliphatic heterocycles. The number of rotatable bonds is 0. The van der Waals surface area contributed by atoms with Crippen LogP contribution in [0.5, 0.6) is 0 Å². The molecular formula is C7H9NO2. The SMILES string of the molecule is CN.O=C1C=CC(=O)C=C1. The van der Waals surface area contributed by atoms with E-state index >= 15 is 0 Å². The van der Waals surface area contributed by atoms with E-state index in [1.165, 1.54) is 31.4 Å². The van der Waals surface area contributed by atoms with Gasteiger partial charge in [0.2, 0.25) is 0 Å². The fraction of sp³-hybridized carbons (Fsp3) is 0.143. The van der Waals surface area contributed by atoms with Gasteiger partial charge in [0.1, 0.15) is 0 Å². The van der Waals surface area contributed by atoms with Crippen molar-refractivity contribution in [1.82, 2.24) is 0 Å². The van der Waals surface area contributed by atoms with Crippen molar-refractivity contribution in [1.29, 1.82) is 0 Å². The van der Waals surface area contributed by atoms with Crippen LogP contribution in [-0.4, -0.2) is 18.6 Å². The highest BCUT2D eigenvalue weighted by molar-refractivity contribution is 6.14. The number of nitrogens with two attached hydrogens (primary N) is 1. The van der Waals surface area contributed by atoms with E-state index in [-0.39, 0.29) is 11.6 Å². The highest BCUT2D eigenvalue weighted by atomic mass is 16.1. The molecule has 1 rings (SSSR count). The van der Waals surface area contributed by atoms with Crippen LogP contribution in [0.15, 0.2) is 24.3 Å². The molecule has 1 aliphatic carbocycles. The number of carbonyl (C=O) groups is 2. The number of ketones is 2. The molecule has 0 unspecified atom stereocenters. The van der Waals surface area contributed by atoms with Crippen molar-refractivity contribution in [2.24, 2.45) is 5.73 Å². The van der Waals surface area contributed by atoms with Gasteiger partial charge in [0.25, 0.3) is 0 Å². The molecule has 0 atom stereocenters. The van der Waals surface area contributed by atoms with Crippen LogP contribution in [-0.2, 0) is 9.59 Å². The van der Waals surface area contributed by atoms with Crippen LogP contribution in [0.3, 0.4) is 0 Å². The maximum atomic E-state index is 10.3. The lowest BCUT2D eigenvalue weighted by Crippen LogP contribution is -1.97. The Kier molecular flexibility index (Phi) is 4.07. The molecule has 54 valence electrons. The van der Waals surface area contributed by atoms with Crippen LogP contribution in [0.2, 0.25) is 0 Å². The summed E-state index contributed by atoms with van der Waals surface area (Å²) in [7, 11) is 1.50. The quantitative estimate of drug-likeness (QED) is 0.474. The Bertz CT molecular complexity index is 154. The topological polar surface area (TPSA) is 60.2 Å². The second kappa shape index (κ2) is 4.64. The van der Waals surface area contributed by atoms with Gasteiger partial charge in [-0.2, -0.15) is 0 Å². The van der Waals surface area contributed by atoms with E-state index in [9.17, 15) is 9.59 Å². The third-order valence-electron chi connectivity index (χ3n) is 0.824. The number of carbonyl (C=O) groups excluding carboxylic acids is 2. The van der Waals surface area contributed by atoms with Crippen LogP contribution in [0.1, 0.15) is 0 Å². The summed E-state index contributed by atoms with van der Waals surface area (Å²) in [6, 6.07) is 0. The summed E-state index contributed by atoms with van der Waals surface area (Å²) < 4.78 is 0. The van der Waals surface area contributed by atoms with Gasteiger partial charge in [0.05, 0.1) is 0 Å². The Balaban J connectivity index is 0.000000371. The van der Waals surface area contributed by atoms with Crippen LogP contribution >= 0.6 is 0 Å². The Morgan fingerprint density at radius 2 is 1.10 bits per heavy atom. The minimum absolute atomic E-state index is 0.121. The van der Waals surface area contributed by atoms with E-state index in [1.807, 2.05) is 0 Å². The van der Waals surface area contributed by atoms with Crippen molar-refractivity contribution in [3.05, 3.63) is 24.3 Å². The van der Waals surface area contributed by atoms with Gasteiger partial charge in [0, 0.05) is 0 Å². The summed E-state index contributed by atoms with van der Waals surface area (Å²) in [6.07, 6.45) is 5.01. The van der Waals surface area contributed by atoms with Crippen LogP contribution in [0, 0.1) is 0 Å². The molecule has 3 nitrogen and oxygen atoms in total. The molecule has 3 heteroatoms. The van der Waals surface area contributed by atoms with Gasteiger partial charge < -0.3 is 5.73 Å². The highest BCUT2D eigenvalue weighted by Crippen LogP contribution is 1.90. The van der Waals surface area contributed by atoms with E-state index in [2.05, 4.69) is 5.73 Å². The van der Waals surface area contributed by atoms with Crippen molar-refractivity contribution in [3.63, 3.8) is 0 Å². The summed E-state index contributed by atoms with van der Waals surface area (Å²) in [5, 5.41) is 0. The van der Waals surface area contributed by atoms with Crippen LogP contribution in [0.4, 0.5) is 0 Å². The summed E-state index contributed by atoms with van der Waals surface area (Å²) >= 11 is 0. The van der Waals surface area contributed by atoms with Crippen LogP contribution in [0.25, 0.3) is 0 Å². The predicted octanol–water partition coefficient (Wildman–Crippen LogP) is -0.175. The van der Waals surface area contributed by atoms with E-state index in [0.717, 1.165) is 0 Å². The molecule has 0 aromatic heterocycles. The first-order chi connectivity index (χ1) is 4.79. The predicted molar refractivity (Wildman–Crippen MR) is 38.4 cm³/mol. The maximum Gasteiger partial charge on any atom is 0.178 e. The fourth-order valence-corrected chi connectivity index (χ4v) is 0.440. The fourth-order valence-electron chi connectivity index (χ4n) is 0.440. The molecule has 2 N–H and O–H groups in total. The van der Waals surface area contributed by atoms with Crippen LogP contribution < -0.4 is 5.73 Å². The summed E-state index contributed by atoms with van der Waals surface area (Å²) in [5.74, 6) is -0.241.